The fraction of sp³-hybridized carbons (Fsp3) is 0.882. The Morgan fingerprint density at radius 3 is 2.33 bits per heavy atom. The van der Waals surface area contributed by atoms with E-state index in [9.17, 15) is 4.79 Å². The van der Waals surface area contributed by atoms with Crippen molar-refractivity contribution < 1.29 is 9.53 Å². The lowest BCUT2D eigenvalue weighted by Crippen LogP contribution is -2.45. The Hall–Kier alpha value is -0.730. The van der Waals surface area contributed by atoms with Gasteiger partial charge < -0.3 is 20.7 Å². The molecule has 1 aliphatic carbocycles. The Balaban J connectivity index is 0.00000529. The number of hydrogen-bond acceptors (Lipinski definition) is 3. The first-order valence-electron chi connectivity index (χ1n) is 8.66. The van der Waals surface area contributed by atoms with Crippen LogP contribution in [0.1, 0.15) is 54.9 Å². The van der Waals surface area contributed by atoms with Crippen molar-refractivity contribution in [2.24, 2.45) is 16.8 Å². The predicted molar refractivity (Wildman–Crippen MR) is 110 cm³/mol. The molecule has 0 saturated heterocycles. The van der Waals surface area contributed by atoms with Crippen LogP contribution in [-0.4, -0.2) is 42.8 Å². The molecule has 0 aromatic carbocycles. The number of carbonyl (C=O) groups excluding carboxylic acids is 1. The maximum atomic E-state index is 12.0. The second-order valence-electron chi connectivity index (χ2n) is 7.68. The van der Waals surface area contributed by atoms with Crippen LogP contribution in [0.25, 0.3) is 0 Å². The van der Waals surface area contributed by atoms with Crippen molar-refractivity contribution >= 4 is 36.0 Å². The molecule has 0 aromatic heterocycles. The van der Waals surface area contributed by atoms with Crippen LogP contribution in [0.3, 0.4) is 0 Å². The molecule has 1 saturated carbocycles. The van der Waals surface area contributed by atoms with Gasteiger partial charge in [0.2, 0.25) is 0 Å². The number of aliphatic imine (C=N–C) groups is 1. The number of alkyl carbamates (subject to hydrolysis) is 1. The van der Waals surface area contributed by atoms with E-state index in [0.29, 0.717) is 18.5 Å². The average Bonchev–Trinajstić information content (AvgIpc) is 3.07. The van der Waals surface area contributed by atoms with Crippen LogP contribution in [0.5, 0.6) is 0 Å². The van der Waals surface area contributed by atoms with Gasteiger partial charge >= 0.3 is 6.09 Å². The van der Waals surface area contributed by atoms with Crippen molar-refractivity contribution in [3.63, 3.8) is 0 Å². The maximum Gasteiger partial charge on any atom is 0.407 e. The van der Waals surface area contributed by atoms with Crippen LogP contribution in [0.2, 0.25) is 0 Å². The fourth-order valence-electron chi connectivity index (χ4n) is 2.09. The molecule has 0 heterocycles. The molecule has 0 radical (unpaired) electrons. The second kappa shape index (κ2) is 10.3. The lowest BCUT2D eigenvalue weighted by Gasteiger charge is -2.25. The van der Waals surface area contributed by atoms with Crippen molar-refractivity contribution in [2.75, 3.05) is 13.1 Å². The zero-order valence-corrected chi connectivity index (χ0v) is 18.4. The largest absolute Gasteiger partial charge is 0.444 e. The third-order valence-electron chi connectivity index (χ3n) is 3.73. The van der Waals surface area contributed by atoms with Gasteiger partial charge in [-0.3, -0.25) is 4.99 Å². The molecule has 3 N–H and O–H groups in total. The maximum absolute atomic E-state index is 12.0. The Morgan fingerprint density at radius 2 is 1.92 bits per heavy atom. The number of nitrogens with zero attached hydrogens (tertiary/aromatic N) is 1. The van der Waals surface area contributed by atoms with Crippen molar-refractivity contribution in [3.05, 3.63) is 0 Å². The summed E-state index contributed by atoms with van der Waals surface area (Å²) in [7, 11) is 0. The Labute approximate surface area is 164 Å². The lowest BCUT2D eigenvalue weighted by molar-refractivity contribution is 0.0493. The minimum atomic E-state index is -0.493. The van der Waals surface area contributed by atoms with Crippen molar-refractivity contribution in [3.8, 4) is 0 Å². The lowest BCUT2D eigenvalue weighted by atomic mass is 10.1. The van der Waals surface area contributed by atoms with E-state index >= 15 is 0 Å². The highest BCUT2D eigenvalue weighted by Crippen LogP contribution is 2.28. The van der Waals surface area contributed by atoms with Crippen molar-refractivity contribution in [2.45, 2.75) is 72.6 Å². The molecule has 0 aromatic rings. The normalized spacial score (nSPS) is 21.6. The molecule has 1 rings (SSSR count). The van der Waals surface area contributed by atoms with E-state index in [4.69, 9.17) is 4.74 Å². The molecule has 6 nitrogen and oxygen atoms in total. The number of rotatable bonds is 6. The summed E-state index contributed by atoms with van der Waals surface area (Å²) in [5.41, 5.74) is -0.493. The van der Waals surface area contributed by atoms with Gasteiger partial charge in [0.25, 0.3) is 0 Å². The van der Waals surface area contributed by atoms with Gasteiger partial charge in [-0.15, -0.1) is 24.0 Å². The average molecular weight is 454 g/mol. The van der Waals surface area contributed by atoms with E-state index in [1.165, 1.54) is 6.42 Å². The molecule has 24 heavy (non-hydrogen) atoms. The zero-order valence-electron chi connectivity index (χ0n) is 16.1. The van der Waals surface area contributed by atoms with Gasteiger partial charge in [0, 0.05) is 12.6 Å². The first-order valence-corrected chi connectivity index (χ1v) is 8.66. The molecule has 0 aliphatic heterocycles. The van der Waals surface area contributed by atoms with E-state index < -0.39 is 5.60 Å². The summed E-state index contributed by atoms with van der Waals surface area (Å²) < 4.78 is 5.33. The molecule has 7 heteroatoms. The third-order valence-corrected chi connectivity index (χ3v) is 3.73. The first-order chi connectivity index (χ1) is 10.6. The molecule has 1 aliphatic rings. The Bertz CT molecular complexity index is 421. The van der Waals surface area contributed by atoms with Gasteiger partial charge in [-0.1, -0.05) is 20.8 Å². The molecule has 1 fully saturated rings. The highest BCUT2D eigenvalue weighted by Gasteiger charge is 2.33. The minimum Gasteiger partial charge on any atom is -0.444 e. The Morgan fingerprint density at radius 1 is 1.33 bits per heavy atom. The third kappa shape index (κ3) is 9.54. The summed E-state index contributed by atoms with van der Waals surface area (Å²) in [6.07, 6.45) is 0.800. The van der Waals surface area contributed by atoms with Gasteiger partial charge in [0.1, 0.15) is 5.60 Å². The molecule has 1 amide bonds. The SMILES string of the molecule is CCNC(=NCC(NC(=O)OC(C)(C)C)C(C)C)NC1CC1C.I. The van der Waals surface area contributed by atoms with Gasteiger partial charge in [-0.05, 0) is 46.0 Å². The molecule has 142 valence electrons. The van der Waals surface area contributed by atoms with E-state index in [2.05, 4.69) is 41.7 Å². The van der Waals surface area contributed by atoms with E-state index in [-0.39, 0.29) is 42.0 Å². The van der Waals surface area contributed by atoms with Crippen LogP contribution in [0.15, 0.2) is 4.99 Å². The second-order valence-corrected chi connectivity index (χ2v) is 7.68. The Kier molecular flexibility index (Phi) is 9.99. The highest BCUT2D eigenvalue weighted by atomic mass is 127. The first kappa shape index (κ1) is 23.3. The summed E-state index contributed by atoms with van der Waals surface area (Å²) >= 11 is 0. The van der Waals surface area contributed by atoms with Crippen LogP contribution in [0, 0.1) is 11.8 Å². The van der Waals surface area contributed by atoms with Gasteiger partial charge in [-0.25, -0.2) is 4.79 Å². The molecule has 3 unspecified atom stereocenters. The van der Waals surface area contributed by atoms with Gasteiger partial charge in [0.05, 0.1) is 12.6 Å². The topological polar surface area (TPSA) is 74.8 Å². The van der Waals surface area contributed by atoms with E-state index in [1.807, 2.05) is 27.7 Å². The smallest absolute Gasteiger partial charge is 0.407 e. The number of nitrogens with one attached hydrogen (secondary N) is 3. The monoisotopic (exact) mass is 454 g/mol. The van der Waals surface area contributed by atoms with Gasteiger partial charge in [-0.2, -0.15) is 0 Å². The minimum absolute atomic E-state index is 0. The summed E-state index contributed by atoms with van der Waals surface area (Å²) in [6.45, 7) is 15.3. The summed E-state index contributed by atoms with van der Waals surface area (Å²) in [5, 5.41) is 9.60. The number of halogens is 1. The molecule has 0 bridgehead atoms. The number of guanidine groups is 1. The quantitative estimate of drug-likeness (QED) is 0.328. The van der Waals surface area contributed by atoms with Crippen molar-refractivity contribution in [1.82, 2.24) is 16.0 Å². The predicted octanol–water partition coefficient (Wildman–Crippen LogP) is 3.12. The number of hydrogen-bond donors (Lipinski definition) is 3. The summed E-state index contributed by atoms with van der Waals surface area (Å²) in [4.78, 5) is 16.6. The van der Waals surface area contributed by atoms with Crippen LogP contribution in [-0.2, 0) is 4.74 Å². The van der Waals surface area contributed by atoms with Gasteiger partial charge in [0.15, 0.2) is 5.96 Å². The number of amides is 1. The highest BCUT2D eigenvalue weighted by molar-refractivity contribution is 14.0. The zero-order chi connectivity index (χ0) is 17.6. The fourth-order valence-corrected chi connectivity index (χ4v) is 2.09. The standard InChI is InChI=1S/C17H34N4O2.HI/c1-8-18-15(20-13-9-12(13)4)19-10-14(11(2)3)21-16(22)23-17(5,6)7;/h11-14H,8-10H2,1-7H3,(H,21,22)(H2,18,19,20);1H. The van der Waals surface area contributed by atoms with Crippen LogP contribution < -0.4 is 16.0 Å². The molecule has 0 spiro atoms. The van der Waals surface area contributed by atoms with E-state index in [1.54, 1.807) is 0 Å². The molecular weight excluding hydrogens is 419 g/mol. The van der Waals surface area contributed by atoms with E-state index in [0.717, 1.165) is 12.5 Å². The summed E-state index contributed by atoms with van der Waals surface area (Å²) in [5.74, 6) is 1.80. The van der Waals surface area contributed by atoms with Crippen molar-refractivity contribution in [1.29, 1.82) is 0 Å². The van der Waals surface area contributed by atoms with Crippen LogP contribution in [0.4, 0.5) is 4.79 Å². The number of ether oxygens (including phenoxy) is 1. The molecular formula is C17H35IN4O2. The molecule has 3 atom stereocenters. The summed E-state index contributed by atoms with van der Waals surface area (Å²) in [6, 6.07) is 0.459. The number of carbonyl (C=O) groups is 1. The van der Waals surface area contributed by atoms with Crippen LogP contribution >= 0.6 is 24.0 Å².